The van der Waals surface area contributed by atoms with Crippen molar-refractivity contribution in [1.29, 1.82) is 0 Å². The van der Waals surface area contributed by atoms with Crippen molar-refractivity contribution < 1.29 is 14.3 Å². The summed E-state index contributed by atoms with van der Waals surface area (Å²) in [6.45, 7) is 5.15. The molecule has 0 saturated carbocycles. The van der Waals surface area contributed by atoms with Gasteiger partial charge in [0.1, 0.15) is 6.61 Å². The maximum Gasteiger partial charge on any atom is 0.404 e. The Labute approximate surface area is 89.5 Å². The minimum Gasteiger partial charge on any atom is -0.448 e. The van der Waals surface area contributed by atoms with E-state index in [1.807, 2.05) is 13.8 Å². The van der Waals surface area contributed by atoms with Crippen LogP contribution in [0, 0.1) is 0 Å². The molecule has 6 nitrogen and oxygen atoms in total. The second kappa shape index (κ2) is 8.05. The van der Waals surface area contributed by atoms with Crippen molar-refractivity contribution in [3.63, 3.8) is 0 Å². The lowest BCUT2D eigenvalue weighted by molar-refractivity contribution is -0.121. The van der Waals surface area contributed by atoms with Crippen LogP contribution in [0.2, 0.25) is 0 Å². The van der Waals surface area contributed by atoms with Gasteiger partial charge in [0.2, 0.25) is 5.91 Å². The number of hydrogen-bond donors (Lipinski definition) is 3. The molecular formula is C9H19N3O3. The maximum atomic E-state index is 11.3. The fraction of sp³-hybridized carbons (Fsp3) is 0.778. The molecule has 0 bridgehead atoms. The van der Waals surface area contributed by atoms with Crippen molar-refractivity contribution >= 4 is 12.0 Å². The predicted molar refractivity (Wildman–Crippen MR) is 56.3 cm³/mol. The lowest BCUT2D eigenvalue weighted by atomic mass is 10.2. The molecule has 0 spiro atoms. The summed E-state index contributed by atoms with van der Waals surface area (Å²) in [4.78, 5) is 21.4. The second-order valence-corrected chi connectivity index (χ2v) is 3.18. The molecule has 0 aliphatic carbocycles. The molecule has 0 saturated heterocycles. The maximum absolute atomic E-state index is 11.3. The summed E-state index contributed by atoms with van der Waals surface area (Å²) in [5.74, 6) is -0.0727. The molecule has 0 aromatic heterocycles. The third kappa shape index (κ3) is 9.01. The lowest BCUT2D eigenvalue weighted by Gasteiger charge is -2.11. The summed E-state index contributed by atoms with van der Waals surface area (Å²) in [5.41, 5.74) is 4.75. The fourth-order valence-electron chi connectivity index (χ4n) is 1.11. The van der Waals surface area contributed by atoms with Crippen LogP contribution in [0.4, 0.5) is 4.79 Å². The highest BCUT2D eigenvalue weighted by molar-refractivity contribution is 5.76. The highest BCUT2D eigenvalue weighted by Crippen LogP contribution is 1.89. The van der Waals surface area contributed by atoms with Gasteiger partial charge in [-0.1, -0.05) is 6.92 Å². The fourth-order valence-corrected chi connectivity index (χ4v) is 1.11. The summed E-state index contributed by atoms with van der Waals surface area (Å²) in [6.07, 6.45) is -0.421. The SMILES string of the molecule is CCNC(C)CC(=O)NCCOC(N)=O. The summed E-state index contributed by atoms with van der Waals surface area (Å²) in [5, 5.41) is 5.73. The van der Waals surface area contributed by atoms with Crippen LogP contribution in [0.1, 0.15) is 20.3 Å². The van der Waals surface area contributed by atoms with Gasteiger partial charge in [-0.25, -0.2) is 4.79 Å². The van der Waals surface area contributed by atoms with Gasteiger partial charge in [-0.15, -0.1) is 0 Å². The minimum atomic E-state index is -0.828. The van der Waals surface area contributed by atoms with Crippen LogP contribution in [0.25, 0.3) is 0 Å². The van der Waals surface area contributed by atoms with E-state index in [0.29, 0.717) is 13.0 Å². The monoisotopic (exact) mass is 217 g/mol. The molecule has 2 amide bonds. The average molecular weight is 217 g/mol. The molecule has 1 atom stereocenters. The van der Waals surface area contributed by atoms with E-state index in [-0.39, 0.29) is 18.6 Å². The standard InChI is InChI=1S/C9H19N3O3/c1-3-11-7(2)6-8(13)12-4-5-15-9(10)14/h7,11H,3-6H2,1-2H3,(H2,10,14)(H,12,13). The van der Waals surface area contributed by atoms with E-state index in [1.165, 1.54) is 0 Å². The summed E-state index contributed by atoms with van der Waals surface area (Å²) in [7, 11) is 0. The molecule has 88 valence electrons. The first kappa shape index (κ1) is 13.7. The molecule has 0 aliphatic rings. The number of carbonyl (C=O) groups is 2. The van der Waals surface area contributed by atoms with Crippen LogP contribution in [0.15, 0.2) is 0 Å². The third-order valence-corrected chi connectivity index (χ3v) is 1.71. The van der Waals surface area contributed by atoms with Crippen LogP contribution < -0.4 is 16.4 Å². The quantitative estimate of drug-likeness (QED) is 0.505. The van der Waals surface area contributed by atoms with Gasteiger partial charge >= 0.3 is 6.09 Å². The average Bonchev–Trinajstić information content (AvgIpc) is 2.12. The zero-order valence-electron chi connectivity index (χ0n) is 9.21. The van der Waals surface area contributed by atoms with E-state index >= 15 is 0 Å². The number of primary amides is 1. The van der Waals surface area contributed by atoms with Gasteiger partial charge < -0.3 is 21.1 Å². The van der Waals surface area contributed by atoms with Crippen molar-refractivity contribution in [1.82, 2.24) is 10.6 Å². The van der Waals surface area contributed by atoms with Gasteiger partial charge in [0, 0.05) is 12.5 Å². The van der Waals surface area contributed by atoms with Crippen LogP contribution in [-0.2, 0) is 9.53 Å². The molecule has 6 heteroatoms. The molecular weight excluding hydrogens is 198 g/mol. The van der Waals surface area contributed by atoms with Gasteiger partial charge in [0.15, 0.2) is 0 Å². The Morgan fingerprint density at radius 1 is 1.47 bits per heavy atom. The van der Waals surface area contributed by atoms with Crippen molar-refractivity contribution in [2.24, 2.45) is 5.73 Å². The first-order valence-electron chi connectivity index (χ1n) is 4.98. The Kier molecular flexibility index (Phi) is 7.35. The van der Waals surface area contributed by atoms with E-state index in [2.05, 4.69) is 15.4 Å². The number of rotatable bonds is 7. The van der Waals surface area contributed by atoms with Crippen LogP contribution >= 0.6 is 0 Å². The zero-order valence-corrected chi connectivity index (χ0v) is 9.21. The molecule has 4 N–H and O–H groups in total. The van der Waals surface area contributed by atoms with Gasteiger partial charge in [-0.05, 0) is 13.5 Å². The van der Waals surface area contributed by atoms with Crippen LogP contribution in [0.3, 0.4) is 0 Å². The molecule has 0 fully saturated rings. The van der Waals surface area contributed by atoms with Crippen molar-refractivity contribution in [2.75, 3.05) is 19.7 Å². The summed E-state index contributed by atoms with van der Waals surface area (Å²) >= 11 is 0. The predicted octanol–water partition coefficient (Wildman–Crippen LogP) is -0.414. The molecule has 0 aromatic rings. The number of amides is 2. The summed E-state index contributed by atoms with van der Waals surface area (Å²) < 4.78 is 4.45. The highest BCUT2D eigenvalue weighted by Gasteiger charge is 2.06. The first-order chi connectivity index (χ1) is 7.06. The Morgan fingerprint density at radius 2 is 2.13 bits per heavy atom. The Hall–Kier alpha value is -1.30. The molecule has 0 heterocycles. The number of ether oxygens (including phenoxy) is 1. The number of nitrogens with one attached hydrogen (secondary N) is 2. The third-order valence-electron chi connectivity index (χ3n) is 1.71. The topological polar surface area (TPSA) is 93.4 Å². The Morgan fingerprint density at radius 3 is 2.67 bits per heavy atom. The van der Waals surface area contributed by atoms with Gasteiger partial charge in [0.05, 0.1) is 6.54 Å². The normalized spacial score (nSPS) is 11.9. The van der Waals surface area contributed by atoms with E-state index < -0.39 is 6.09 Å². The first-order valence-corrected chi connectivity index (χ1v) is 4.98. The zero-order chi connectivity index (χ0) is 11.7. The van der Waals surface area contributed by atoms with E-state index in [9.17, 15) is 9.59 Å². The molecule has 15 heavy (non-hydrogen) atoms. The van der Waals surface area contributed by atoms with E-state index in [4.69, 9.17) is 5.73 Å². The molecule has 0 aliphatic heterocycles. The summed E-state index contributed by atoms with van der Waals surface area (Å²) in [6, 6.07) is 0.145. The van der Waals surface area contributed by atoms with Gasteiger partial charge in [-0.3, -0.25) is 4.79 Å². The van der Waals surface area contributed by atoms with Crippen LogP contribution in [0.5, 0.6) is 0 Å². The van der Waals surface area contributed by atoms with E-state index in [0.717, 1.165) is 6.54 Å². The van der Waals surface area contributed by atoms with Gasteiger partial charge in [-0.2, -0.15) is 0 Å². The van der Waals surface area contributed by atoms with Crippen LogP contribution in [-0.4, -0.2) is 37.7 Å². The second-order valence-electron chi connectivity index (χ2n) is 3.18. The minimum absolute atomic E-state index is 0.0727. The number of carbonyl (C=O) groups excluding carboxylic acids is 2. The smallest absolute Gasteiger partial charge is 0.404 e. The van der Waals surface area contributed by atoms with Gasteiger partial charge in [0.25, 0.3) is 0 Å². The molecule has 0 radical (unpaired) electrons. The Bertz CT molecular complexity index is 209. The van der Waals surface area contributed by atoms with Crippen molar-refractivity contribution in [3.8, 4) is 0 Å². The highest BCUT2D eigenvalue weighted by atomic mass is 16.5. The van der Waals surface area contributed by atoms with Crippen molar-refractivity contribution in [3.05, 3.63) is 0 Å². The largest absolute Gasteiger partial charge is 0.448 e. The number of nitrogens with two attached hydrogens (primary N) is 1. The molecule has 1 unspecified atom stereocenters. The number of hydrogen-bond acceptors (Lipinski definition) is 4. The Balaban J connectivity index is 3.44. The van der Waals surface area contributed by atoms with Crippen molar-refractivity contribution in [2.45, 2.75) is 26.3 Å². The van der Waals surface area contributed by atoms with E-state index in [1.54, 1.807) is 0 Å². The molecule has 0 aromatic carbocycles. The molecule has 0 rings (SSSR count). The lowest BCUT2D eigenvalue weighted by Crippen LogP contribution is -2.35.